The number of rotatable bonds is 2. The lowest BCUT2D eigenvalue weighted by Crippen LogP contribution is -2.67. The van der Waals surface area contributed by atoms with Gasteiger partial charge >= 0.3 is 0 Å². The molecule has 4 bridgehead atoms. The van der Waals surface area contributed by atoms with Crippen molar-refractivity contribution in [2.75, 3.05) is 0 Å². The SMILES string of the molecule is CC12CC3CC(C)(C1)CC(NC(=O)[C@H](N)C(C)(C)C)(C3)C2. The number of hydrogen-bond acceptors (Lipinski definition) is 2. The van der Waals surface area contributed by atoms with Gasteiger partial charge in [-0.25, -0.2) is 0 Å². The molecule has 3 nitrogen and oxygen atoms in total. The molecule has 3 N–H and O–H groups in total. The van der Waals surface area contributed by atoms with E-state index in [4.69, 9.17) is 5.73 Å². The highest BCUT2D eigenvalue weighted by molar-refractivity contribution is 5.83. The molecule has 4 fully saturated rings. The number of nitrogens with two attached hydrogens (primary N) is 1. The van der Waals surface area contributed by atoms with Gasteiger partial charge in [-0.3, -0.25) is 4.79 Å². The van der Waals surface area contributed by atoms with Crippen molar-refractivity contribution in [3.63, 3.8) is 0 Å². The Labute approximate surface area is 129 Å². The van der Waals surface area contributed by atoms with E-state index >= 15 is 0 Å². The van der Waals surface area contributed by atoms with Gasteiger partial charge in [-0.15, -0.1) is 0 Å². The Morgan fingerprint density at radius 1 is 1.10 bits per heavy atom. The summed E-state index contributed by atoms with van der Waals surface area (Å²) in [6, 6.07) is -0.425. The Kier molecular flexibility index (Phi) is 3.10. The lowest BCUT2D eigenvalue weighted by molar-refractivity contribution is -0.142. The predicted molar refractivity (Wildman–Crippen MR) is 85.7 cm³/mol. The van der Waals surface area contributed by atoms with E-state index in [0.29, 0.717) is 10.8 Å². The largest absolute Gasteiger partial charge is 0.349 e. The third-order valence-electron chi connectivity index (χ3n) is 6.23. The number of carbonyl (C=O) groups is 1. The minimum atomic E-state index is -0.425. The second-order valence-electron chi connectivity index (χ2n) is 10.2. The zero-order valence-corrected chi connectivity index (χ0v) is 14.4. The number of hydrogen-bond donors (Lipinski definition) is 2. The molecule has 1 amide bonds. The van der Waals surface area contributed by atoms with Gasteiger partial charge in [0.25, 0.3) is 0 Å². The first-order valence-corrected chi connectivity index (χ1v) is 8.52. The molecule has 0 saturated heterocycles. The van der Waals surface area contributed by atoms with Gasteiger partial charge in [0.2, 0.25) is 5.91 Å². The molecule has 0 aliphatic heterocycles. The van der Waals surface area contributed by atoms with Gasteiger partial charge in [0.1, 0.15) is 0 Å². The molecule has 3 heteroatoms. The molecule has 4 aliphatic rings. The lowest BCUT2D eigenvalue weighted by atomic mass is 9.42. The summed E-state index contributed by atoms with van der Waals surface area (Å²) in [7, 11) is 0. The van der Waals surface area contributed by atoms with Crippen molar-refractivity contribution in [3.8, 4) is 0 Å². The van der Waals surface area contributed by atoms with Gasteiger partial charge in [0, 0.05) is 5.54 Å². The van der Waals surface area contributed by atoms with Gasteiger partial charge in [-0.1, -0.05) is 34.6 Å². The monoisotopic (exact) mass is 292 g/mol. The van der Waals surface area contributed by atoms with Crippen LogP contribution in [0.4, 0.5) is 0 Å². The molecule has 120 valence electrons. The quantitative estimate of drug-likeness (QED) is 0.821. The van der Waals surface area contributed by atoms with E-state index in [1.807, 2.05) is 20.8 Å². The molecule has 0 aromatic carbocycles. The van der Waals surface area contributed by atoms with E-state index in [2.05, 4.69) is 19.2 Å². The van der Waals surface area contributed by atoms with E-state index in [9.17, 15) is 4.79 Å². The van der Waals surface area contributed by atoms with Crippen molar-refractivity contribution < 1.29 is 4.79 Å². The fourth-order valence-corrected chi connectivity index (χ4v) is 6.32. The fraction of sp³-hybridized carbons (Fsp3) is 0.944. The van der Waals surface area contributed by atoms with Crippen molar-refractivity contribution >= 4 is 5.91 Å². The minimum absolute atomic E-state index is 0.0167. The molecule has 4 aliphatic carbocycles. The molecule has 0 aromatic heterocycles. The predicted octanol–water partition coefficient (Wildman–Crippen LogP) is 3.23. The van der Waals surface area contributed by atoms with Gasteiger partial charge in [-0.05, 0) is 60.7 Å². The van der Waals surface area contributed by atoms with Gasteiger partial charge in [0.05, 0.1) is 6.04 Å². The van der Waals surface area contributed by atoms with Crippen molar-refractivity contribution in [1.82, 2.24) is 5.32 Å². The third kappa shape index (κ3) is 2.62. The highest BCUT2D eigenvalue weighted by atomic mass is 16.2. The summed E-state index contributed by atoms with van der Waals surface area (Å²) in [5.41, 5.74) is 6.86. The topological polar surface area (TPSA) is 55.1 Å². The van der Waals surface area contributed by atoms with Crippen LogP contribution in [0.5, 0.6) is 0 Å². The van der Waals surface area contributed by atoms with Crippen LogP contribution in [0.1, 0.15) is 73.1 Å². The van der Waals surface area contributed by atoms with Crippen molar-refractivity contribution in [1.29, 1.82) is 0 Å². The van der Waals surface area contributed by atoms with Gasteiger partial charge < -0.3 is 11.1 Å². The summed E-state index contributed by atoms with van der Waals surface area (Å²) in [5.74, 6) is 0.846. The Balaban J connectivity index is 1.81. The van der Waals surface area contributed by atoms with Gasteiger partial charge in [0.15, 0.2) is 0 Å². The second-order valence-corrected chi connectivity index (χ2v) is 10.2. The number of carbonyl (C=O) groups excluding carboxylic acids is 1. The smallest absolute Gasteiger partial charge is 0.237 e. The van der Waals surface area contributed by atoms with E-state index in [1.54, 1.807) is 0 Å². The summed E-state index contributed by atoms with van der Waals surface area (Å²) in [4.78, 5) is 12.6. The molecule has 0 radical (unpaired) electrons. The maximum atomic E-state index is 12.6. The minimum Gasteiger partial charge on any atom is -0.349 e. The molecule has 0 heterocycles. The zero-order chi connectivity index (χ0) is 15.7. The summed E-state index contributed by atoms with van der Waals surface area (Å²) < 4.78 is 0. The normalized spacial score (nSPS) is 46.5. The second kappa shape index (κ2) is 4.24. The van der Waals surface area contributed by atoms with Crippen LogP contribution >= 0.6 is 0 Å². The van der Waals surface area contributed by atoms with Crippen LogP contribution in [-0.2, 0) is 4.79 Å². The molecule has 2 unspecified atom stereocenters. The number of amides is 1. The highest BCUT2D eigenvalue weighted by Crippen LogP contribution is 2.66. The van der Waals surface area contributed by atoms with Crippen LogP contribution in [0.25, 0.3) is 0 Å². The Morgan fingerprint density at radius 2 is 1.62 bits per heavy atom. The maximum Gasteiger partial charge on any atom is 0.237 e. The molecule has 0 aromatic rings. The average molecular weight is 292 g/mol. The first-order valence-electron chi connectivity index (χ1n) is 8.52. The van der Waals surface area contributed by atoms with Crippen LogP contribution in [0.2, 0.25) is 0 Å². The van der Waals surface area contributed by atoms with Gasteiger partial charge in [-0.2, -0.15) is 0 Å². The molecular formula is C18H32N2O. The van der Waals surface area contributed by atoms with Crippen molar-refractivity contribution in [2.24, 2.45) is 27.9 Å². The van der Waals surface area contributed by atoms with Crippen LogP contribution < -0.4 is 11.1 Å². The van der Waals surface area contributed by atoms with Crippen LogP contribution in [-0.4, -0.2) is 17.5 Å². The van der Waals surface area contributed by atoms with Crippen molar-refractivity contribution in [2.45, 2.75) is 84.7 Å². The Hall–Kier alpha value is -0.570. The van der Waals surface area contributed by atoms with E-state index in [0.717, 1.165) is 18.8 Å². The standard InChI is InChI=1S/C18H32N2O/c1-15(2,3)13(19)14(21)20-18-8-12-6-16(4,10-18)9-17(5,7-12)11-18/h12-13H,6-11,19H2,1-5H3,(H,20,21)/t12?,13-,16?,17?,18?/m0/s1. The molecule has 4 saturated carbocycles. The fourth-order valence-electron chi connectivity index (χ4n) is 6.32. The summed E-state index contributed by atoms with van der Waals surface area (Å²) in [6.07, 6.45) is 7.50. The molecular weight excluding hydrogens is 260 g/mol. The van der Waals surface area contributed by atoms with Crippen LogP contribution in [0.3, 0.4) is 0 Å². The first-order chi connectivity index (χ1) is 9.45. The Morgan fingerprint density at radius 3 is 2.05 bits per heavy atom. The molecule has 21 heavy (non-hydrogen) atoms. The number of nitrogens with one attached hydrogen (secondary N) is 1. The highest BCUT2D eigenvalue weighted by Gasteiger charge is 2.60. The van der Waals surface area contributed by atoms with E-state index in [-0.39, 0.29) is 16.9 Å². The Bertz CT molecular complexity index is 446. The molecule has 3 atom stereocenters. The van der Waals surface area contributed by atoms with Crippen LogP contribution in [0.15, 0.2) is 0 Å². The summed E-state index contributed by atoms with van der Waals surface area (Å²) >= 11 is 0. The summed E-state index contributed by atoms with van der Waals surface area (Å²) in [6.45, 7) is 11.0. The van der Waals surface area contributed by atoms with Crippen LogP contribution in [0, 0.1) is 22.2 Å². The average Bonchev–Trinajstić information content (AvgIpc) is 2.20. The zero-order valence-electron chi connectivity index (χ0n) is 14.4. The maximum absolute atomic E-state index is 12.6. The summed E-state index contributed by atoms with van der Waals surface area (Å²) in [5, 5.41) is 3.42. The third-order valence-corrected chi connectivity index (χ3v) is 6.23. The molecule has 4 rings (SSSR count). The van der Waals surface area contributed by atoms with E-state index in [1.165, 1.54) is 25.7 Å². The van der Waals surface area contributed by atoms with E-state index < -0.39 is 6.04 Å². The lowest BCUT2D eigenvalue weighted by Gasteiger charge is -2.65. The van der Waals surface area contributed by atoms with Crippen molar-refractivity contribution in [3.05, 3.63) is 0 Å². The molecule has 0 spiro atoms. The first kappa shape index (κ1) is 15.3.